The van der Waals surface area contributed by atoms with Crippen LogP contribution in [0, 0.1) is 0 Å². The maximum atomic E-state index is 12.5. The molecule has 2 aromatic heterocycles. The Bertz CT molecular complexity index is 626. The predicted octanol–water partition coefficient (Wildman–Crippen LogP) is 2.21. The Morgan fingerprint density at radius 2 is 2.27 bits per heavy atom. The van der Waals surface area contributed by atoms with Crippen LogP contribution in [0.2, 0.25) is 0 Å². The molecule has 0 aliphatic carbocycles. The molecule has 3 rings (SSSR count). The van der Waals surface area contributed by atoms with E-state index >= 15 is 0 Å². The number of anilines is 3. The van der Waals surface area contributed by atoms with Gasteiger partial charge in [-0.15, -0.1) is 11.3 Å². The van der Waals surface area contributed by atoms with Crippen molar-refractivity contribution in [3.63, 3.8) is 0 Å². The first-order chi connectivity index (χ1) is 10.6. The van der Waals surface area contributed by atoms with Gasteiger partial charge in [-0.1, -0.05) is 0 Å². The molecule has 22 heavy (non-hydrogen) atoms. The molecule has 0 radical (unpaired) electrons. The smallest absolute Gasteiger partial charge is 0.248 e. The standard InChI is InChI=1S/C15H19N5OS/c1-19(2)11-5-6-13(17-10-11)18-14(21)12-4-3-8-20(12)15-16-7-9-22-15/h5-7,9-10,12H,3-4,8H2,1-2H3,(H,17,18,21)/t12-/m0/s1. The van der Waals surface area contributed by atoms with E-state index in [1.807, 2.05) is 36.5 Å². The van der Waals surface area contributed by atoms with Crippen LogP contribution < -0.4 is 15.1 Å². The van der Waals surface area contributed by atoms with Crippen molar-refractivity contribution in [3.8, 4) is 0 Å². The van der Waals surface area contributed by atoms with E-state index in [4.69, 9.17) is 0 Å². The fourth-order valence-electron chi connectivity index (χ4n) is 2.56. The average molecular weight is 317 g/mol. The van der Waals surface area contributed by atoms with Gasteiger partial charge in [-0.05, 0) is 25.0 Å². The quantitative estimate of drug-likeness (QED) is 0.937. The minimum atomic E-state index is -0.165. The molecular formula is C15H19N5OS. The van der Waals surface area contributed by atoms with Gasteiger partial charge >= 0.3 is 0 Å². The van der Waals surface area contributed by atoms with E-state index in [2.05, 4.69) is 20.2 Å². The summed E-state index contributed by atoms with van der Waals surface area (Å²) >= 11 is 1.57. The Balaban J connectivity index is 1.68. The fourth-order valence-corrected chi connectivity index (χ4v) is 3.28. The Morgan fingerprint density at radius 1 is 1.41 bits per heavy atom. The summed E-state index contributed by atoms with van der Waals surface area (Å²) in [4.78, 5) is 25.2. The predicted molar refractivity (Wildman–Crippen MR) is 89.7 cm³/mol. The van der Waals surface area contributed by atoms with Gasteiger partial charge < -0.3 is 15.1 Å². The van der Waals surface area contributed by atoms with Crippen molar-refractivity contribution in [1.29, 1.82) is 0 Å². The second kappa shape index (κ2) is 6.31. The highest BCUT2D eigenvalue weighted by Gasteiger charge is 2.32. The SMILES string of the molecule is CN(C)c1ccc(NC(=O)[C@@H]2CCCN2c2nccs2)nc1. The van der Waals surface area contributed by atoms with E-state index < -0.39 is 0 Å². The van der Waals surface area contributed by atoms with Crippen LogP contribution in [0.25, 0.3) is 0 Å². The van der Waals surface area contributed by atoms with E-state index in [0.29, 0.717) is 5.82 Å². The minimum Gasteiger partial charge on any atom is -0.376 e. The van der Waals surface area contributed by atoms with Gasteiger partial charge in [0.2, 0.25) is 5.91 Å². The number of rotatable bonds is 4. The molecule has 1 N–H and O–H groups in total. The molecule has 0 unspecified atom stereocenters. The summed E-state index contributed by atoms with van der Waals surface area (Å²) in [5.41, 5.74) is 1.00. The lowest BCUT2D eigenvalue weighted by Crippen LogP contribution is -2.39. The maximum Gasteiger partial charge on any atom is 0.248 e. The highest BCUT2D eigenvalue weighted by Crippen LogP contribution is 2.27. The minimum absolute atomic E-state index is 0.0159. The van der Waals surface area contributed by atoms with Crippen LogP contribution in [0.1, 0.15) is 12.8 Å². The molecule has 7 heteroatoms. The molecule has 0 saturated carbocycles. The third-order valence-corrected chi connectivity index (χ3v) is 4.54. The van der Waals surface area contributed by atoms with Crippen LogP contribution in [0.3, 0.4) is 0 Å². The average Bonchev–Trinajstić information content (AvgIpc) is 3.18. The van der Waals surface area contributed by atoms with Gasteiger partial charge in [-0.3, -0.25) is 4.79 Å². The lowest BCUT2D eigenvalue weighted by atomic mass is 10.2. The molecule has 0 spiro atoms. The molecule has 6 nitrogen and oxygen atoms in total. The van der Waals surface area contributed by atoms with Crippen molar-refractivity contribution in [2.45, 2.75) is 18.9 Å². The van der Waals surface area contributed by atoms with Crippen LogP contribution >= 0.6 is 11.3 Å². The number of thiazole rings is 1. The van der Waals surface area contributed by atoms with Crippen molar-refractivity contribution in [3.05, 3.63) is 29.9 Å². The number of pyridine rings is 1. The zero-order chi connectivity index (χ0) is 15.5. The monoisotopic (exact) mass is 317 g/mol. The number of amides is 1. The van der Waals surface area contributed by atoms with E-state index in [0.717, 1.165) is 30.2 Å². The second-order valence-corrected chi connectivity index (χ2v) is 6.32. The van der Waals surface area contributed by atoms with Crippen LogP contribution in [-0.4, -0.2) is 42.6 Å². The molecule has 116 valence electrons. The number of carbonyl (C=O) groups is 1. The van der Waals surface area contributed by atoms with Crippen molar-refractivity contribution < 1.29 is 4.79 Å². The number of nitrogens with zero attached hydrogens (tertiary/aromatic N) is 4. The fraction of sp³-hybridized carbons (Fsp3) is 0.400. The van der Waals surface area contributed by atoms with E-state index in [-0.39, 0.29) is 11.9 Å². The molecule has 0 aromatic carbocycles. The van der Waals surface area contributed by atoms with Crippen molar-refractivity contribution in [1.82, 2.24) is 9.97 Å². The number of hydrogen-bond donors (Lipinski definition) is 1. The Labute approximate surface area is 133 Å². The van der Waals surface area contributed by atoms with Crippen molar-refractivity contribution in [2.24, 2.45) is 0 Å². The molecule has 1 aliphatic heterocycles. The maximum absolute atomic E-state index is 12.5. The van der Waals surface area contributed by atoms with Gasteiger partial charge in [-0.25, -0.2) is 9.97 Å². The highest BCUT2D eigenvalue weighted by molar-refractivity contribution is 7.13. The molecular weight excluding hydrogens is 298 g/mol. The number of aromatic nitrogens is 2. The number of nitrogens with one attached hydrogen (secondary N) is 1. The van der Waals surface area contributed by atoms with E-state index in [9.17, 15) is 4.79 Å². The Hall–Kier alpha value is -2.15. The Morgan fingerprint density at radius 3 is 2.91 bits per heavy atom. The summed E-state index contributed by atoms with van der Waals surface area (Å²) in [6.45, 7) is 0.874. The first-order valence-corrected chi connectivity index (χ1v) is 8.13. The third-order valence-electron chi connectivity index (χ3n) is 3.74. The first-order valence-electron chi connectivity index (χ1n) is 7.25. The molecule has 2 aromatic rings. The van der Waals surface area contributed by atoms with Gasteiger partial charge in [-0.2, -0.15) is 0 Å². The normalized spacial score (nSPS) is 17.5. The van der Waals surface area contributed by atoms with Crippen molar-refractivity contribution >= 4 is 33.9 Å². The summed E-state index contributed by atoms with van der Waals surface area (Å²) in [5, 5.41) is 5.75. The Kier molecular flexibility index (Phi) is 4.24. The first kappa shape index (κ1) is 14.8. The van der Waals surface area contributed by atoms with E-state index in [1.165, 1.54) is 0 Å². The van der Waals surface area contributed by atoms with Gasteiger partial charge in [0, 0.05) is 32.2 Å². The summed E-state index contributed by atoms with van der Waals surface area (Å²) in [5.74, 6) is 0.569. The lowest BCUT2D eigenvalue weighted by molar-refractivity contribution is -0.117. The van der Waals surface area contributed by atoms with Gasteiger partial charge in [0.05, 0.1) is 11.9 Å². The topological polar surface area (TPSA) is 61.4 Å². The largest absolute Gasteiger partial charge is 0.376 e. The molecule has 0 bridgehead atoms. The van der Waals surface area contributed by atoms with Gasteiger partial charge in [0.1, 0.15) is 11.9 Å². The summed E-state index contributed by atoms with van der Waals surface area (Å²) in [6.07, 6.45) is 5.38. The lowest BCUT2D eigenvalue weighted by Gasteiger charge is -2.23. The van der Waals surface area contributed by atoms with Crippen molar-refractivity contribution in [2.75, 3.05) is 35.8 Å². The molecule has 1 aliphatic rings. The number of hydrogen-bond acceptors (Lipinski definition) is 6. The van der Waals surface area contributed by atoms with Gasteiger partial charge in [0.25, 0.3) is 0 Å². The summed E-state index contributed by atoms with van der Waals surface area (Å²) in [7, 11) is 3.92. The molecule has 1 saturated heterocycles. The molecule has 3 heterocycles. The zero-order valence-corrected chi connectivity index (χ0v) is 13.5. The summed E-state index contributed by atoms with van der Waals surface area (Å²) < 4.78 is 0. The summed E-state index contributed by atoms with van der Waals surface area (Å²) in [6, 6.07) is 3.60. The second-order valence-electron chi connectivity index (χ2n) is 5.45. The molecule has 1 fully saturated rings. The third kappa shape index (κ3) is 3.04. The molecule has 1 amide bonds. The number of carbonyl (C=O) groups excluding carboxylic acids is 1. The van der Waals surface area contributed by atoms with Crippen LogP contribution in [0.4, 0.5) is 16.6 Å². The molecule has 1 atom stereocenters. The highest BCUT2D eigenvalue weighted by atomic mass is 32.1. The van der Waals surface area contributed by atoms with Crippen LogP contribution in [0.5, 0.6) is 0 Å². The van der Waals surface area contributed by atoms with E-state index in [1.54, 1.807) is 23.7 Å². The van der Waals surface area contributed by atoms with Crippen LogP contribution in [-0.2, 0) is 4.79 Å². The van der Waals surface area contributed by atoms with Crippen LogP contribution in [0.15, 0.2) is 29.9 Å². The zero-order valence-electron chi connectivity index (χ0n) is 12.7. The van der Waals surface area contributed by atoms with Gasteiger partial charge in [0.15, 0.2) is 5.13 Å².